The molecule has 26 heavy (non-hydrogen) atoms. The highest BCUT2D eigenvalue weighted by Gasteiger charge is 2.29. The number of rotatable bonds is 5. The number of amides is 2. The first-order valence-corrected chi connectivity index (χ1v) is 8.67. The zero-order chi connectivity index (χ0) is 19.2. The van der Waals surface area contributed by atoms with Crippen LogP contribution in [0, 0.1) is 5.92 Å². The third kappa shape index (κ3) is 6.49. The highest BCUT2D eigenvalue weighted by Crippen LogP contribution is 2.29. The number of halogens is 3. The number of carbonyl (C=O) groups excluding carboxylic acids is 1. The summed E-state index contributed by atoms with van der Waals surface area (Å²) in [6.07, 6.45) is -3.85. The summed E-state index contributed by atoms with van der Waals surface area (Å²) >= 11 is 0. The molecule has 1 atom stereocenters. The van der Waals surface area contributed by atoms with Crippen molar-refractivity contribution in [2.75, 3.05) is 53.5 Å². The van der Waals surface area contributed by atoms with Gasteiger partial charge in [0.1, 0.15) is 0 Å². The summed E-state index contributed by atoms with van der Waals surface area (Å²) in [5.74, 6) is 0.258. The monoisotopic (exact) mass is 373 g/mol. The van der Waals surface area contributed by atoms with Gasteiger partial charge in [0.05, 0.1) is 18.8 Å². The van der Waals surface area contributed by atoms with Gasteiger partial charge in [0, 0.05) is 32.1 Å². The third-order valence-corrected chi connectivity index (χ3v) is 4.22. The Kier molecular flexibility index (Phi) is 7.28. The number of hydrogen-bond donors (Lipinski definition) is 1. The third-order valence-electron chi connectivity index (χ3n) is 4.22. The molecule has 146 valence electrons. The molecule has 0 spiro atoms. The second-order valence-electron chi connectivity index (χ2n) is 6.83. The summed E-state index contributed by atoms with van der Waals surface area (Å²) < 4.78 is 43.2. The van der Waals surface area contributed by atoms with E-state index in [1.807, 2.05) is 14.1 Å². The van der Waals surface area contributed by atoms with E-state index < -0.39 is 11.7 Å². The molecule has 2 amide bonds. The Bertz CT molecular complexity index is 576. The summed E-state index contributed by atoms with van der Waals surface area (Å²) in [5, 5.41) is 2.84. The van der Waals surface area contributed by atoms with Crippen LogP contribution in [0.15, 0.2) is 24.3 Å². The van der Waals surface area contributed by atoms with Crippen LogP contribution in [-0.4, -0.2) is 69.3 Å². The van der Waals surface area contributed by atoms with Crippen LogP contribution in [0.1, 0.15) is 11.1 Å². The van der Waals surface area contributed by atoms with Gasteiger partial charge in [0.25, 0.3) is 0 Å². The maximum atomic E-state index is 12.6. The zero-order valence-electron chi connectivity index (χ0n) is 15.2. The SMILES string of the molecule is CN(C)C[C@@H]1COCCN(C(=O)NCCc2ccc(C(F)(F)F)cc2)C1. The van der Waals surface area contributed by atoms with Crippen molar-refractivity contribution in [2.24, 2.45) is 5.92 Å². The lowest BCUT2D eigenvalue weighted by Gasteiger charge is -2.25. The molecule has 1 fully saturated rings. The number of nitrogens with zero attached hydrogens (tertiary/aromatic N) is 2. The van der Waals surface area contributed by atoms with E-state index in [4.69, 9.17) is 4.74 Å². The Morgan fingerprint density at radius 3 is 2.62 bits per heavy atom. The molecule has 8 heteroatoms. The highest BCUT2D eigenvalue weighted by molar-refractivity contribution is 5.74. The molecule has 0 aliphatic carbocycles. The molecule has 0 saturated carbocycles. The predicted molar refractivity (Wildman–Crippen MR) is 93.0 cm³/mol. The maximum absolute atomic E-state index is 12.6. The van der Waals surface area contributed by atoms with Crippen LogP contribution in [0.2, 0.25) is 0 Å². The first-order valence-electron chi connectivity index (χ1n) is 8.67. The van der Waals surface area contributed by atoms with Gasteiger partial charge in [-0.1, -0.05) is 12.1 Å². The molecule has 1 aromatic rings. The van der Waals surface area contributed by atoms with E-state index in [9.17, 15) is 18.0 Å². The normalized spacial score (nSPS) is 18.7. The van der Waals surface area contributed by atoms with Gasteiger partial charge in [-0.15, -0.1) is 0 Å². The molecule has 0 bridgehead atoms. The minimum atomic E-state index is -4.33. The number of alkyl halides is 3. The second-order valence-corrected chi connectivity index (χ2v) is 6.83. The van der Waals surface area contributed by atoms with E-state index in [1.165, 1.54) is 12.1 Å². The van der Waals surface area contributed by atoms with Crippen molar-refractivity contribution >= 4 is 6.03 Å². The van der Waals surface area contributed by atoms with Crippen molar-refractivity contribution in [3.63, 3.8) is 0 Å². The Hall–Kier alpha value is -1.80. The molecule has 5 nitrogen and oxygen atoms in total. The quantitative estimate of drug-likeness (QED) is 0.863. The van der Waals surface area contributed by atoms with E-state index in [0.717, 1.165) is 24.2 Å². The number of benzene rings is 1. The summed E-state index contributed by atoms with van der Waals surface area (Å²) in [7, 11) is 3.97. The lowest BCUT2D eigenvalue weighted by atomic mass is 10.1. The standard InChI is InChI=1S/C18H26F3N3O2/c1-23(2)11-15-12-24(9-10-26-13-15)17(25)22-8-7-14-3-5-16(6-4-14)18(19,20)21/h3-6,15H,7-13H2,1-2H3,(H,22,25)/t15-/m0/s1. The van der Waals surface area contributed by atoms with Crippen molar-refractivity contribution in [1.29, 1.82) is 0 Å². The van der Waals surface area contributed by atoms with E-state index in [2.05, 4.69) is 10.2 Å². The van der Waals surface area contributed by atoms with E-state index >= 15 is 0 Å². The van der Waals surface area contributed by atoms with Crippen LogP contribution in [0.4, 0.5) is 18.0 Å². The minimum absolute atomic E-state index is 0.161. The number of nitrogens with one attached hydrogen (secondary N) is 1. The largest absolute Gasteiger partial charge is 0.416 e. The second kappa shape index (κ2) is 9.23. The Labute approximate surface area is 152 Å². The fourth-order valence-corrected chi connectivity index (χ4v) is 2.98. The molecule has 0 radical (unpaired) electrons. The van der Waals surface area contributed by atoms with Gasteiger partial charge in [-0.3, -0.25) is 0 Å². The number of hydrogen-bond acceptors (Lipinski definition) is 3. The summed E-state index contributed by atoms with van der Waals surface area (Å²) in [6.45, 7) is 3.53. The molecular formula is C18H26F3N3O2. The fraction of sp³-hybridized carbons (Fsp3) is 0.611. The molecule has 1 saturated heterocycles. The molecule has 1 aromatic carbocycles. The lowest BCUT2D eigenvalue weighted by Crippen LogP contribution is -2.44. The first-order chi connectivity index (χ1) is 12.3. The maximum Gasteiger partial charge on any atom is 0.416 e. The van der Waals surface area contributed by atoms with Gasteiger partial charge in [-0.25, -0.2) is 4.79 Å². The van der Waals surface area contributed by atoms with Crippen LogP contribution in [-0.2, 0) is 17.3 Å². The van der Waals surface area contributed by atoms with E-state index in [-0.39, 0.29) is 11.9 Å². The summed E-state index contributed by atoms with van der Waals surface area (Å²) in [5.41, 5.74) is 0.0878. The van der Waals surface area contributed by atoms with Crippen molar-refractivity contribution in [2.45, 2.75) is 12.6 Å². The Balaban J connectivity index is 1.80. The average molecular weight is 373 g/mol. The zero-order valence-corrected chi connectivity index (χ0v) is 15.2. The number of ether oxygens (including phenoxy) is 1. The van der Waals surface area contributed by atoms with Gasteiger partial charge < -0.3 is 19.9 Å². The summed E-state index contributed by atoms with van der Waals surface area (Å²) in [4.78, 5) is 16.2. The smallest absolute Gasteiger partial charge is 0.379 e. The van der Waals surface area contributed by atoms with Crippen LogP contribution in [0.3, 0.4) is 0 Å². The predicted octanol–water partition coefficient (Wildman–Crippen LogP) is 2.47. The van der Waals surface area contributed by atoms with E-state index in [1.54, 1.807) is 4.90 Å². The average Bonchev–Trinajstić information content (AvgIpc) is 2.79. The molecule has 1 aliphatic heterocycles. The molecule has 0 aromatic heterocycles. The van der Waals surface area contributed by atoms with Crippen LogP contribution < -0.4 is 5.32 Å². The van der Waals surface area contributed by atoms with Crippen molar-refractivity contribution < 1.29 is 22.7 Å². The van der Waals surface area contributed by atoms with Gasteiger partial charge >= 0.3 is 12.2 Å². The van der Waals surface area contributed by atoms with Gasteiger partial charge in [0.2, 0.25) is 0 Å². The molecular weight excluding hydrogens is 347 g/mol. The molecule has 0 unspecified atom stereocenters. The topological polar surface area (TPSA) is 44.8 Å². The van der Waals surface area contributed by atoms with E-state index in [0.29, 0.717) is 39.3 Å². The highest BCUT2D eigenvalue weighted by atomic mass is 19.4. The Morgan fingerprint density at radius 2 is 2.00 bits per heavy atom. The van der Waals surface area contributed by atoms with Gasteiger partial charge in [-0.05, 0) is 38.2 Å². The first kappa shape index (κ1) is 20.5. The molecule has 1 N–H and O–H groups in total. The van der Waals surface area contributed by atoms with Crippen molar-refractivity contribution in [3.05, 3.63) is 35.4 Å². The fourth-order valence-electron chi connectivity index (χ4n) is 2.98. The van der Waals surface area contributed by atoms with Crippen molar-refractivity contribution in [3.8, 4) is 0 Å². The summed E-state index contributed by atoms with van der Waals surface area (Å²) in [6, 6.07) is 4.86. The van der Waals surface area contributed by atoms with Crippen LogP contribution >= 0.6 is 0 Å². The van der Waals surface area contributed by atoms with Crippen molar-refractivity contribution in [1.82, 2.24) is 15.1 Å². The lowest BCUT2D eigenvalue weighted by molar-refractivity contribution is -0.137. The molecule has 2 rings (SSSR count). The van der Waals surface area contributed by atoms with Crippen LogP contribution in [0.25, 0.3) is 0 Å². The molecule has 1 heterocycles. The minimum Gasteiger partial charge on any atom is -0.379 e. The molecule has 1 aliphatic rings. The van der Waals surface area contributed by atoms with Crippen LogP contribution in [0.5, 0.6) is 0 Å². The van der Waals surface area contributed by atoms with Gasteiger partial charge in [-0.2, -0.15) is 13.2 Å². The number of carbonyl (C=O) groups is 1. The van der Waals surface area contributed by atoms with Gasteiger partial charge in [0.15, 0.2) is 0 Å². The Morgan fingerprint density at radius 1 is 1.31 bits per heavy atom. The number of urea groups is 1.